The Kier molecular flexibility index (Phi) is 11.0. The highest BCUT2D eigenvalue weighted by molar-refractivity contribution is 5.98. The number of aromatic hydroxyl groups is 1. The van der Waals surface area contributed by atoms with E-state index in [1.165, 1.54) is 11.1 Å². The van der Waals surface area contributed by atoms with Crippen molar-refractivity contribution in [1.82, 2.24) is 14.5 Å². The van der Waals surface area contributed by atoms with Gasteiger partial charge in [-0.2, -0.15) is 0 Å². The third-order valence-electron chi connectivity index (χ3n) is 12.1. The van der Waals surface area contributed by atoms with Crippen molar-refractivity contribution < 1.29 is 6.48 Å². The number of pyridine rings is 1. The van der Waals surface area contributed by atoms with Crippen LogP contribution in [-0.4, -0.2) is 19.6 Å². The van der Waals surface area contributed by atoms with Gasteiger partial charge in [0.1, 0.15) is 11.6 Å². The Morgan fingerprint density at radius 1 is 0.613 bits per heavy atom. The van der Waals surface area contributed by atoms with Crippen molar-refractivity contribution in [3.05, 3.63) is 167 Å². The third kappa shape index (κ3) is 8.48. The standard InChI is InChI=1S/C58H61N3O/c1-36(2)28-39-20-25-52(49(30-39)42-16-13-12-14-17-42)61-53-19-15-18-48(54(53)60-56(61)50-35-46(57(6,7)8)29-38(5)55(50)62)44-31-45(33-47(32-44)58(9,10)11)51-34-43(26-27-59-51)41-23-21-40(22-24-41)37(3)4/h12-27,29-37,62H,28H2,1-11H3/i37D. The van der Waals surface area contributed by atoms with E-state index in [0.29, 0.717) is 17.3 Å². The van der Waals surface area contributed by atoms with Crippen LogP contribution in [0.1, 0.15) is 104 Å². The number of nitrogens with zero attached hydrogens (tertiary/aromatic N) is 3. The summed E-state index contributed by atoms with van der Waals surface area (Å²) in [6.45, 7) is 23.7. The van der Waals surface area contributed by atoms with E-state index < -0.39 is 5.89 Å². The Labute approximate surface area is 370 Å². The molecule has 0 amide bonds. The van der Waals surface area contributed by atoms with Gasteiger partial charge in [0.15, 0.2) is 0 Å². The number of phenolic OH excluding ortho intramolecular Hbond substituents is 1. The summed E-state index contributed by atoms with van der Waals surface area (Å²) in [6.07, 6.45) is 2.86. The fraction of sp³-hybridized carbons (Fsp3) is 0.276. The van der Waals surface area contributed by atoms with Crippen LogP contribution >= 0.6 is 0 Å². The number of benzene rings is 6. The van der Waals surface area contributed by atoms with Gasteiger partial charge in [-0.05, 0) is 135 Å². The third-order valence-corrected chi connectivity index (χ3v) is 12.1. The number of aromatic nitrogens is 3. The molecule has 0 saturated carbocycles. The fourth-order valence-corrected chi connectivity index (χ4v) is 8.49. The number of para-hydroxylation sites is 1. The molecule has 6 aromatic carbocycles. The van der Waals surface area contributed by atoms with E-state index in [-0.39, 0.29) is 16.6 Å². The zero-order valence-corrected chi connectivity index (χ0v) is 38.4. The lowest BCUT2D eigenvalue weighted by atomic mass is 9.83. The lowest BCUT2D eigenvalue weighted by Gasteiger charge is -2.22. The number of aryl methyl sites for hydroxylation is 1. The Hall–Kier alpha value is -6.26. The molecule has 0 aliphatic carbocycles. The van der Waals surface area contributed by atoms with Gasteiger partial charge in [-0.1, -0.05) is 154 Å². The fourth-order valence-electron chi connectivity index (χ4n) is 8.49. The van der Waals surface area contributed by atoms with Gasteiger partial charge in [0.2, 0.25) is 0 Å². The normalized spacial score (nSPS) is 12.6. The van der Waals surface area contributed by atoms with Crippen LogP contribution in [0.5, 0.6) is 5.75 Å². The quantitative estimate of drug-likeness (QED) is 0.158. The number of imidazole rings is 1. The summed E-state index contributed by atoms with van der Waals surface area (Å²) in [5.41, 5.74) is 17.0. The second-order valence-corrected chi connectivity index (χ2v) is 19.8. The molecule has 62 heavy (non-hydrogen) atoms. The maximum absolute atomic E-state index is 12.0. The van der Waals surface area contributed by atoms with E-state index in [1.54, 1.807) is 0 Å². The van der Waals surface area contributed by atoms with Crippen LogP contribution in [0.2, 0.25) is 0 Å². The maximum atomic E-state index is 12.0. The summed E-state index contributed by atoms with van der Waals surface area (Å²) in [4.78, 5) is 10.6. The van der Waals surface area contributed by atoms with Crippen molar-refractivity contribution in [2.24, 2.45) is 5.92 Å². The molecule has 2 aromatic heterocycles. The highest BCUT2D eigenvalue weighted by Gasteiger charge is 2.26. The zero-order chi connectivity index (χ0) is 45.0. The van der Waals surface area contributed by atoms with Crippen molar-refractivity contribution in [2.75, 3.05) is 0 Å². The first-order valence-electron chi connectivity index (χ1n) is 22.5. The van der Waals surface area contributed by atoms with Gasteiger partial charge in [0, 0.05) is 24.3 Å². The van der Waals surface area contributed by atoms with Crippen LogP contribution in [-0.2, 0) is 17.3 Å². The first-order chi connectivity index (χ1) is 29.8. The molecule has 4 nitrogen and oxygen atoms in total. The van der Waals surface area contributed by atoms with Crippen LogP contribution in [0.4, 0.5) is 0 Å². The first-order valence-corrected chi connectivity index (χ1v) is 22.0. The van der Waals surface area contributed by atoms with Crippen molar-refractivity contribution in [2.45, 2.75) is 99.3 Å². The van der Waals surface area contributed by atoms with Gasteiger partial charge in [-0.25, -0.2) is 4.98 Å². The maximum Gasteiger partial charge on any atom is 0.149 e. The molecule has 314 valence electrons. The van der Waals surface area contributed by atoms with Gasteiger partial charge in [-0.3, -0.25) is 9.55 Å². The molecule has 8 rings (SSSR count). The molecule has 0 saturated heterocycles. The lowest BCUT2D eigenvalue weighted by molar-refractivity contribution is 0.471. The van der Waals surface area contributed by atoms with E-state index in [2.05, 4.69) is 193 Å². The molecule has 1 N–H and O–H groups in total. The molecule has 0 unspecified atom stereocenters. The van der Waals surface area contributed by atoms with Gasteiger partial charge in [0.25, 0.3) is 0 Å². The summed E-state index contributed by atoms with van der Waals surface area (Å²) in [5.74, 6) is 0.772. The monoisotopic (exact) mass is 816 g/mol. The number of phenols is 1. The van der Waals surface area contributed by atoms with E-state index in [0.717, 1.165) is 84.5 Å². The molecule has 0 atom stereocenters. The average Bonchev–Trinajstić information content (AvgIpc) is 3.63. The van der Waals surface area contributed by atoms with E-state index in [1.807, 2.05) is 27.0 Å². The Bertz CT molecular complexity index is 2960. The van der Waals surface area contributed by atoms with Crippen LogP contribution in [0.25, 0.3) is 72.7 Å². The Morgan fingerprint density at radius 2 is 1.31 bits per heavy atom. The lowest BCUT2D eigenvalue weighted by Crippen LogP contribution is -2.12. The molecule has 8 aromatic rings. The highest BCUT2D eigenvalue weighted by atomic mass is 16.3. The van der Waals surface area contributed by atoms with Crippen LogP contribution in [0.3, 0.4) is 0 Å². The molecule has 0 spiro atoms. The van der Waals surface area contributed by atoms with Crippen LogP contribution in [0, 0.1) is 12.8 Å². The van der Waals surface area contributed by atoms with E-state index >= 15 is 0 Å². The van der Waals surface area contributed by atoms with Crippen LogP contribution < -0.4 is 0 Å². The molecule has 4 heteroatoms. The zero-order valence-electron chi connectivity index (χ0n) is 39.4. The predicted octanol–water partition coefficient (Wildman–Crippen LogP) is 15.7. The van der Waals surface area contributed by atoms with Gasteiger partial charge < -0.3 is 5.11 Å². The van der Waals surface area contributed by atoms with Crippen molar-refractivity contribution in [3.63, 3.8) is 0 Å². The second kappa shape index (κ2) is 16.5. The number of fused-ring (bicyclic) bond motifs is 1. The smallest absolute Gasteiger partial charge is 0.149 e. The summed E-state index contributed by atoms with van der Waals surface area (Å²) in [7, 11) is 0. The van der Waals surface area contributed by atoms with Gasteiger partial charge in [0.05, 0.1) is 28.0 Å². The molecule has 0 aliphatic heterocycles. The van der Waals surface area contributed by atoms with Crippen molar-refractivity contribution in [3.8, 4) is 67.5 Å². The number of hydrogen-bond acceptors (Lipinski definition) is 3. The molecular formula is C58H61N3O. The minimum absolute atomic E-state index is 0.152. The Balaban J connectivity index is 1.39. The average molecular weight is 817 g/mol. The first kappa shape index (κ1) is 41.1. The van der Waals surface area contributed by atoms with E-state index in [9.17, 15) is 5.11 Å². The van der Waals surface area contributed by atoms with Gasteiger partial charge in [-0.15, -0.1) is 0 Å². The molecule has 0 radical (unpaired) electrons. The summed E-state index contributed by atoms with van der Waals surface area (Å²) in [6, 6.07) is 47.5. The Morgan fingerprint density at radius 3 is 1.98 bits per heavy atom. The second-order valence-electron chi connectivity index (χ2n) is 19.8. The largest absolute Gasteiger partial charge is 0.507 e. The van der Waals surface area contributed by atoms with Crippen molar-refractivity contribution >= 4 is 11.0 Å². The van der Waals surface area contributed by atoms with Gasteiger partial charge >= 0.3 is 0 Å². The topological polar surface area (TPSA) is 50.9 Å². The summed E-state index contributed by atoms with van der Waals surface area (Å²) in [5, 5.41) is 12.0. The summed E-state index contributed by atoms with van der Waals surface area (Å²) < 4.78 is 10.8. The number of rotatable bonds is 9. The predicted molar refractivity (Wildman–Crippen MR) is 262 cm³/mol. The molecule has 0 fully saturated rings. The van der Waals surface area contributed by atoms with Crippen molar-refractivity contribution in [1.29, 1.82) is 0 Å². The summed E-state index contributed by atoms with van der Waals surface area (Å²) >= 11 is 0. The minimum atomic E-state index is -0.663. The SMILES string of the molecule is [2H]C(C)(C)c1ccc(-c2ccnc(-c3cc(-c4cccc5c4nc(-c4cc(C(C)(C)C)cc(C)c4O)n5-c4ccc(CC(C)C)cc4-c4ccccc4)cc(C(C)(C)C)c3)c2)cc1. The highest BCUT2D eigenvalue weighted by Crippen LogP contribution is 2.44. The number of hydrogen-bond donors (Lipinski definition) is 1. The molecule has 0 bridgehead atoms. The molecule has 0 aliphatic rings. The van der Waals surface area contributed by atoms with E-state index in [4.69, 9.17) is 11.3 Å². The molecule has 2 heterocycles. The minimum Gasteiger partial charge on any atom is -0.507 e. The van der Waals surface area contributed by atoms with Crippen LogP contribution in [0.15, 0.2) is 140 Å². The molecular weight excluding hydrogens is 755 g/mol.